The van der Waals surface area contributed by atoms with Crippen LogP contribution in [0.1, 0.15) is 30.8 Å². The average Bonchev–Trinajstić information content (AvgIpc) is 2.67. The van der Waals surface area contributed by atoms with Gasteiger partial charge in [-0.15, -0.1) is 0 Å². The van der Waals surface area contributed by atoms with Crippen LogP contribution in [0.25, 0.3) is 5.69 Å². The summed E-state index contributed by atoms with van der Waals surface area (Å²) >= 11 is 0. The zero-order valence-corrected chi connectivity index (χ0v) is 11.7. The molecule has 1 aromatic carbocycles. The molecule has 0 spiro atoms. The monoisotopic (exact) mass is 242 g/mol. The molecular formula is C16H22N2. The zero-order chi connectivity index (χ0) is 13.1. The van der Waals surface area contributed by atoms with Crippen molar-refractivity contribution in [2.75, 3.05) is 0 Å². The fraction of sp³-hybridized carbons (Fsp3) is 0.375. The van der Waals surface area contributed by atoms with Crippen LogP contribution in [0, 0.1) is 13.8 Å². The van der Waals surface area contributed by atoms with Crippen LogP contribution in [0.4, 0.5) is 0 Å². The van der Waals surface area contributed by atoms with Crippen molar-refractivity contribution in [2.45, 2.75) is 40.3 Å². The predicted octanol–water partition coefficient (Wildman–Crippen LogP) is 3.59. The first-order valence-electron chi connectivity index (χ1n) is 6.55. The van der Waals surface area contributed by atoms with E-state index < -0.39 is 0 Å². The van der Waals surface area contributed by atoms with Crippen molar-refractivity contribution in [3.05, 3.63) is 53.3 Å². The van der Waals surface area contributed by atoms with Gasteiger partial charge >= 0.3 is 0 Å². The Kier molecular flexibility index (Phi) is 3.87. The van der Waals surface area contributed by atoms with Gasteiger partial charge in [-0.1, -0.05) is 26.0 Å². The third-order valence-electron chi connectivity index (χ3n) is 3.18. The predicted molar refractivity (Wildman–Crippen MR) is 77.2 cm³/mol. The SMILES string of the molecule is Cc1ccc(C)n1-c1ccc(CNC(C)C)cc1. The summed E-state index contributed by atoms with van der Waals surface area (Å²) in [6, 6.07) is 13.6. The number of hydrogen-bond acceptors (Lipinski definition) is 1. The van der Waals surface area contributed by atoms with Gasteiger partial charge in [0.15, 0.2) is 0 Å². The molecular weight excluding hydrogens is 220 g/mol. The molecule has 1 aromatic heterocycles. The molecule has 0 aliphatic heterocycles. The van der Waals surface area contributed by atoms with E-state index in [1.165, 1.54) is 22.6 Å². The lowest BCUT2D eigenvalue weighted by atomic mass is 10.2. The van der Waals surface area contributed by atoms with Crippen molar-refractivity contribution >= 4 is 0 Å². The molecule has 96 valence electrons. The highest BCUT2D eigenvalue weighted by atomic mass is 15.0. The standard InChI is InChI=1S/C16H22N2/c1-12(2)17-11-15-7-9-16(10-8-15)18-13(3)5-6-14(18)4/h5-10,12,17H,11H2,1-4H3. The summed E-state index contributed by atoms with van der Waals surface area (Å²) in [5, 5.41) is 3.43. The van der Waals surface area contributed by atoms with E-state index in [0.717, 1.165) is 6.54 Å². The van der Waals surface area contributed by atoms with E-state index in [0.29, 0.717) is 6.04 Å². The Morgan fingerprint density at radius 1 is 0.944 bits per heavy atom. The highest BCUT2D eigenvalue weighted by Gasteiger charge is 2.03. The largest absolute Gasteiger partial charge is 0.319 e. The lowest BCUT2D eigenvalue weighted by Gasteiger charge is -2.11. The lowest BCUT2D eigenvalue weighted by Crippen LogP contribution is -2.21. The second-order valence-corrected chi connectivity index (χ2v) is 5.15. The Balaban J connectivity index is 2.17. The van der Waals surface area contributed by atoms with Crippen molar-refractivity contribution in [1.29, 1.82) is 0 Å². The molecule has 2 aromatic rings. The van der Waals surface area contributed by atoms with Crippen LogP contribution in [-0.4, -0.2) is 10.6 Å². The van der Waals surface area contributed by atoms with E-state index >= 15 is 0 Å². The molecule has 0 fully saturated rings. The van der Waals surface area contributed by atoms with Crippen LogP contribution >= 0.6 is 0 Å². The minimum atomic E-state index is 0.526. The average molecular weight is 242 g/mol. The molecule has 2 heteroatoms. The van der Waals surface area contributed by atoms with Crippen molar-refractivity contribution < 1.29 is 0 Å². The highest BCUT2D eigenvalue weighted by Crippen LogP contribution is 2.16. The maximum absolute atomic E-state index is 3.43. The molecule has 0 atom stereocenters. The Morgan fingerprint density at radius 3 is 2.00 bits per heavy atom. The van der Waals surface area contributed by atoms with Crippen LogP contribution in [-0.2, 0) is 6.54 Å². The van der Waals surface area contributed by atoms with Crippen molar-refractivity contribution in [3.8, 4) is 5.69 Å². The lowest BCUT2D eigenvalue weighted by molar-refractivity contribution is 0.589. The molecule has 2 rings (SSSR count). The summed E-state index contributed by atoms with van der Waals surface area (Å²) in [6.45, 7) is 9.55. The van der Waals surface area contributed by atoms with Crippen LogP contribution < -0.4 is 5.32 Å². The van der Waals surface area contributed by atoms with Crippen LogP contribution in [0.3, 0.4) is 0 Å². The van der Waals surface area contributed by atoms with Gasteiger partial charge < -0.3 is 9.88 Å². The first kappa shape index (κ1) is 12.9. The fourth-order valence-corrected chi connectivity index (χ4v) is 2.16. The third-order valence-corrected chi connectivity index (χ3v) is 3.18. The van der Waals surface area contributed by atoms with E-state index in [4.69, 9.17) is 0 Å². The zero-order valence-electron chi connectivity index (χ0n) is 11.7. The number of aromatic nitrogens is 1. The Bertz CT molecular complexity index is 487. The van der Waals surface area contributed by atoms with E-state index in [2.05, 4.69) is 74.0 Å². The molecule has 0 saturated heterocycles. The summed E-state index contributed by atoms with van der Waals surface area (Å²) in [4.78, 5) is 0. The number of nitrogens with zero attached hydrogens (tertiary/aromatic N) is 1. The van der Waals surface area contributed by atoms with E-state index in [-0.39, 0.29) is 0 Å². The van der Waals surface area contributed by atoms with Crippen molar-refractivity contribution in [1.82, 2.24) is 9.88 Å². The van der Waals surface area contributed by atoms with Gasteiger partial charge in [0, 0.05) is 29.7 Å². The van der Waals surface area contributed by atoms with Gasteiger partial charge in [-0.2, -0.15) is 0 Å². The van der Waals surface area contributed by atoms with Crippen LogP contribution in [0.5, 0.6) is 0 Å². The second-order valence-electron chi connectivity index (χ2n) is 5.15. The first-order valence-corrected chi connectivity index (χ1v) is 6.55. The van der Waals surface area contributed by atoms with Gasteiger partial charge in [-0.05, 0) is 43.7 Å². The molecule has 0 saturated carbocycles. The topological polar surface area (TPSA) is 17.0 Å². The molecule has 0 aliphatic rings. The second kappa shape index (κ2) is 5.40. The molecule has 0 amide bonds. The maximum atomic E-state index is 3.43. The van der Waals surface area contributed by atoms with Gasteiger partial charge in [0.2, 0.25) is 0 Å². The summed E-state index contributed by atoms with van der Waals surface area (Å²) in [5.41, 5.74) is 5.12. The molecule has 0 radical (unpaired) electrons. The first-order chi connectivity index (χ1) is 8.58. The molecule has 0 bridgehead atoms. The molecule has 2 nitrogen and oxygen atoms in total. The Labute approximate surface area is 110 Å². The van der Waals surface area contributed by atoms with Gasteiger partial charge in [0.25, 0.3) is 0 Å². The summed E-state index contributed by atoms with van der Waals surface area (Å²) in [7, 11) is 0. The van der Waals surface area contributed by atoms with Crippen molar-refractivity contribution in [3.63, 3.8) is 0 Å². The normalized spacial score (nSPS) is 11.2. The number of hydrogen-bond donors (Lipinski definition) is 1. The number of benzene rings is 1. The van der Waals surface area contributed by atoms with E-state index in [1.807, 2.05) is 0 Å². The minimum Gasteiger partial charge on any atom is -0.319 e. The van der Waals surface area contributed by atoms with E-state index in [1.54, 1.807) is 0 Å². The quantitative estimate of drug-likeness (QED) is 0.867. The third kappa shape index (κ3) is 2.82. The smallest absolute Gasteiger partial charge is 0.0455 e. The van der Waals surface area contributed by atoms with Crippen molar-refractivity contribution in [2.24, 2.45) is 0 Å². The Morgan fingerprint density at radius 2 is 1.50 bits per heavy atom. The molecule has 18 heavy (non-hydrogen) atoms. The fourth-order valence-electron chi connectivity index (χ4n) is 2.16. The van der Waals surface area contributed by atoms with Crippen LogP contribution in [0.15, 0.2) is 36.4 Å². The summed E-state index contributed by atoms with van der Waals surface area (Å²) in [6.07, 6.45) is 0. The van der Waals surface area contributed by atoms with Gasteiger partial charge in [0.05, 0.1) is 0 Å². The molecule has 1 heterocycles. The number of rotatable bonds is 4. The highest BCUT2D eigenvalue weighted by molar-refractivity contribution is 5.39. The molecule has 0 unspecified atom stereocenters. The van der Waals surface area contributed by atoms with E-state index in [9.17, 15) is 0 Å². The number of nitrogens with one attached hydrogen (secondary N) is 1. The minimum absolute atomic E-state index is 0.526. The molecule has 1 N–H and O–H groups in total. The van der Waals surface area contributed by atoms with Gasteiger partial charge in [0.1, 0.15) is 0 Å². The molecule has 0 aliphatic carbocycles. The van der Waals surface area contributed by atoms with Crippen LogP contribution in [0.2, 0.25) is 0 Å². The maximum Gasteiger partial charge on any atom is 0.0455 e. The van der Waals surface area contributed by atoms with Gasteiger partial charge in [-0.25, -0.2) is 0 Å². The summed E-state index contributed by atoms with van der Waals surface area (Å²) < 4.78 is 2.28. The number of aryl methyl sites for hydroxylation is 2. The summed E-state index contributed by atoms with van der Waals surface area (Å²) in [5.74, 6) is 0. The Hall–Kier alpha value is -1.54. The van der Waals surface area contributed by atoms with Gasteiger partial charge in [-0.3, -0.25) is 0 Å².